The molecule has 32 heavy (non-hydrogen) atoms. The van der Waals surface area contributed by atoms with Crippen molar-refractivity contribution in [3.05, 3.63) is 34.5 Å². The topological polar surface area (TPSA) is 87.5 Å². The summed E-state index contributed by atoms with van der Waals surface area (Å²) < 4.78 is 37.3. The zero-order valence-electron chi connectivity index (χ0n) is 18.5. The number of aryl methyl sites for hydroxylation is 1. The van der Waals surface area contributed by atoms with E-state index in [-0.39, 0.29) is 28.2 Å². The molecule has 1 aromatic heterocycles. The molecule has 7 nitrogen and oxygen atoms in total. The van der Waals surface area contributed by atoms with Gasteiger partial charge in [0.05, 0.1) is 23.5 Å². The first-order valence-corrected chi connectivity index (χ1v) is 14.8. The molecule has 2 aromatic rings. The summed E-state index contributed by atoms with van der Waals surface area (Å²) >= 11 is 1.80. The molecule has 0 radical (unpaired) electrons. The molecule has 2 heterocycles. The van der Waals surface area contributed by atoms with Gasteiger partial charge >= 0.3 is 10.1 Å². The maximum absolute atomic E-state index is 13.7. The van der Waals surface area contributed by atoms with Crippen LogP contribution in [-0.4, -0.2) is 42.1 Å². The number of hydrogen-bond donors (Lipinski definition) is 0. The predicted octanol–water partition coefficient (Wildman–Crippen LogP) is 5.38. The van der Waals surface area contributed by atoms with Gasteiger partial charge in [0.2, 0.25) is 5.88 Å². The Balaban J connectivity index is 2.13. The van der Waals surface area contributed by atoms with Gasteiger partial charge in [-0.15, -0.1) is 0 Å². The Bertz CT molecular complexity index is 1100. The highest BCUT2D eigenvalue weighted by Gasteiger charge is 2.32. The summed E-state index contributed by atoms with van der Waals surface area (Å²) in [5, 5.41) is 4.37. The number of thioether (sulfide) groups is 1. The van der Waals surface area contributed by atoms with E-state index in [1.54, 1.807) is 31.7 Å². The minimum absolute atomic E-state index is 0.0566. The van der Waals surface area contributed by atoms with Gasteiger partial charge in [0.1, 0.15) is 11.3 Å². The number of nitrogens with zero attached hydrogens (tertiary/aromatic N) is 2. The molecule has 0 fully saturated rings. The van der Waals surface area contributed by atoms with Gasteiger partial charge < -0.3 is 8.92 Å². The van der Waals surface area contributed by atoms with Crippen LogP contribution in [0.15, 0.2) is 17.2 Å². The summed E-state index contributed by atoms with van der Waals surface area (Å²) in [6.45, 7) is 8.50. The van der Waals surface area contributed by atoms with Gasteiger partial charge in [0.15, 0.2) is 5.78 Å². The molecule has 0 N–H and O–H groups in total. The number of carbonyl (C=O) groups excluding carboxylic acids is 1. The van der Waals surface area contributed by atoms with Gasteiger partial charge in [-0.2, -0.15) is 25.3 Å². The number of benzene rings is 1. The first-order chi connectivity index (χ1) is 15.3. The lowest BCUT2D eigenvalue weighted by Crippen LogP contribution is -2.19. The molecule has 0 saturated carbocycles. The van der Waals surface area contributed by atoms with Crippen molar-refractivity contribution < 1.29 is 22.1 Å². The van der Waals surface area contributed by atoms with E-state index in [2.05, 4.69) is 12.0 Å². The van der Waals surface area contributed by atoms with Crippen molar-refractivity contribution in [1.29, 1.82) is 0 Å². The van der Waals surface area contributed by atoms with E-state index in [4.69, 9.17) is 19.6 Å². The Morgan fingerprint density at radius 1 is 1.34 bits per heavy atom. The van der Waals surface area contributed by atoms with Crippen molar-refractivity contribution in [2.24, 2.45) is 0 Å². The first kappa shape index (κ1) is 25.3. The molecule has 0 saturated heterocycles. The van der Waals surface area contributed by atoms with Crippen LogP contribution in [-0.2, 0) is 16.7 Å². The summed E-state index contributed by atoms with van der Waals surface area (Å²) in [6, 6.07) is 1.71. The summed E-state index contributed by atoms with van der Waals surface area (Å²) in [7, 11) is 3.31. The number of ketones is 1. The average molecular weight is 519 g/mol. The van der Waals surface area contributed by atoms with Crippen LogP contribution in [0.1, 0.15) is 65.9 Å². The van der Waals surface area contributed by atoms with E-state index in [0.717, 1.165) is 40.0 Å². The molecule has 1 aromatic carbocycles. The maximum atomic E-state index is 13.7. The van der Waals surface area contributed by atoms with Gasteiger partial charge in [-0.3, -0.25) is 4.79 Å². The monoisotopic (exact) mass is 518 g/mol. The Kier molecular flexibility index (Phi) is 8.46. The fraction of sp³-hybridized carbons (Fsp3) is 0.524. The van der Waals surface area contributed by atoms with E-state index in [9.17, 15) is 13.2 Å². The predicted molar refractivity (Wildman–Crippen MR) is 130 cm³/mol. The number of rotatable bonds is 10. The highest BCUT2D eigenvalue weighted by molar-refractivity contribution is 8.21. The van der Waals surface area contributed by atoms with Crippen LogP contribution >= 0.6 is 33.4 Å². The second kappa shape index (κ2) is 10.7. The van der Waals surface area contributed by atoms with Crippen LogP contribution in [0.4, 0.5) is 0 Å². The van der Waals surface area contributed by atoms with E-state index in [0.29, 0.717) is 30.0 Å². The lowest BCUT2D eigenvalue weighted by atomic mass is 9.92. The smallest absolute Gasteiger partial charge is 0.310 e. The fourth-order valence-electron chi connectivity index (χ4n) is 3.76. The molecule has 1 aliphatic rings. The molecule has 176 valence electrons. The minimum Gasteiger partial charge on any atom is -0.492 e. The van der Waals surface area contributed by atoms with Gasteiger partial charge in [-0.05, 0) is 65.7 Å². The van der Waals surface area contributed by atoms with Gasteiger partial charge in [0.25, 0.3) is 0 Å². The van der Waals surface area contributed by atoms with Crippen molar-refractivity contribution in [2.45, 2.75) is 57.2 Å². The molecule has 1 aliphatic heterocycles. The molecule has 11 heteroatoms. The standard InChI is InChI=1S/C21H27ClN2O5S3/c1-5-10-32(26,27)29-21-15(12-23-24(21)6-2)19(25)14-11-17(31-22)20-18(13(14)4)16(30-7-3)8-9-28-20/h11-12,16H,5-10H2,1-4H3. The summed E-state index contributed by atoms with van der Waals surface area (Å²) in [6.07, 6.45) is 2.61. The van der Waals surface area contributed by atoms with E-state index in [1.807, 2.05) is 6.92 Å². The molecular weight excluding hydrogens is 492 g/mol. The molecule has 0 bridgehead atoms. The van der Waals surface area contributed by atoms with Crippen LogP contribution in [0.25, 0.3) is 0 Å². The minimum atomic E-state index is -3.84. The van der Waals surface area contributed by atoms with E-state index in [1.165, 1.54) is 10.9 Å². The Morgan fingerprint density at radius 2 is 2.09 bits per heavy atom. The largest absolute Gasteiger partial charge is 0.492 e. The molecule has 3 rings (SSSR count). The highest BCUT2D eigenvalue weighted by atomic mass is 35.7. The Morgan fingerprint density at radius 3 is 2.72 bits per heavy atom. The van der Waals surface area contributed by atoms with Crippen LogP contribution in [0, 0.1) is 6.92 Å². The van der Waals surface area contributed by atoms with Crippen molar-refractivity contribution in [3.63, 3.8) is 0 Å². The van der Waals surface area contributed by atoms with Crippen LogP contribution < -0.4 is 8.92 Å². The number of aromatic nitrogens is 2. The molecule has 0 amide bonds. The van der Waals surface area contributed by atoms with Crippen molar-refractivity contribution in [2.75, 3.05) is 18.1 Å². The second-order valence-electron chi connectivity index (χ2n) is 7.30. The van der Waals surface area contributed by atoms with Gasteiger partial charge in [0, 0.05) is 22.9 Å². The SMILES string of the molecule is CCCS(=O)(=O)Oc1c(C(=O)c2cc(SCl)c3c(c2C)C(SCC)CCO3)cnn1CC. The zero-order valence-corrected chi connectivity index (χ0v) is 21.7. The second-order valence-corrected chi connectivity index (χ2v) is 11.5. The van der Waals surface area contributed by atoms with Crippen molar-refractivity contribution in [1.82, 2.24) is 9.78 Å². The van der Waals surface area contributed by atoms with Gasteiger partial charge in [-0.25, -0.2) is 4.68 Å². The lowest BCUT2D eigenvalue weighted by Gasteiger charge is -2.29. The number of carbonyl (C=O) groups is 1. The number of fused-ring (bicyclic) bond motifs is 1. The Hall–Kier alpha value is -1.36. The molecule has 0 spiro atoms. The van der Waals surface area contributed by atoms with Gasteiger partial charge in [-0.1, -0.05) is 13.8 Å². The lowest BCUT2D eigenvalue weighted by molar-refractivity contribution is 0.103. The average Bonchev–Trinajstić information content (AvgIpc) is 3.15. The zero-order chi connectivity index (χ0) is 23.5. The third kappa shape index (κ3) is 5.08. The summed E-state index contributed by atoms with van der Waals surface area (Å²) in [4.78, 5) is 14.3. The van der Waals surface area contributed by atoms with Crippen LogP contribution in [0.3, 0.4) is 0 Å². The maximum Gasteiger partial charge on any atom is 0.310 e. The third-order valence-corrected chi connectivity index (χ3v) is 8.69. The molecule has 1 atom stereocenters. The van der Waals surface area contributed by atoms with Crippen molar-refractivity contribution in [3.8, 4) is 11.6 Å². The summed E-state index contributed by atoms with van der Waals surface area (Å²) in [5.41, 5.74) is 2.32. The van der Waals surface area contributed by atoms with E-state index >= 15 is 0 Å². The van der Waals surface area contributed by atoms with Crippen LogP contribution in [0.2, 0.25) is 0 Å². The number of ether oxygens (including phenoxy) is 1. The quantitative estimate of drug-likeness (QED) is 0.306. The molecule has 0 aliphatic carbocycles. The Labute approximate surface area is 202 Å². The first-order valence-electron chi connectivity index (χ1n) is 10.5. The third-order valence-electron chi connectivity index (χ3n) is 5.19. The number of hydrogen-bond acceptors (Lipinski definition) is 8. The normalized spacial score (nSPS) is 15.8. The summed E-state index contributed by atoms with van der Waals surface area (Å²) in [5.74, 6) is 1.10. The molecule has 1 unspecified atom stereocenters. The van der Waals surface area contributed by atoms with Crippen LogP contribution in [0.5, 0.6) is 11.6 Å². The number of halogens is 1. The molecular formula is C21H27ClN2O5S3. The fourth-order valence-corrected chi connectivity index (χ4v) is 6.62. The highest BCUT2D eigenvalue weighted by Crippen LogP contribution is 2.49. The van der Waals surface area contributed by atoms with E-state index < -0.39 is 10.1 Å². The van der Waals surface area contributed by atoms with Crippen molar-refractivity contribution >= 4 is 49.3 Å².